The SMILES string of the molecule is NCc1ccc(CS(=O)(=O)c2cc(F)ccc2F)c(F)c1. The standard InChI is InChI=1S/C14H12F3NO2S/c15-11-3-4-12(16)14(6-11)21(19,20)8-10-2-1-9(7-18)5-13(10)17/h1-6H,7-8,18H2. The number of rotatable bonds is 4. The van der Waals surface area contributed by atoms with E-state index in [2.05, 4.69) is 0 Å². The van der Waals surface area contributed by atoms with Gasteiger partial charge in [-0.05, 0) is 29.8 Å². The van der Waals surface area contributed by atoms with E-state index in [1.54, 1.807) is 0 Å². The lowest BCUT2D eigenvalue weighted by Gasteiger charge is -2.08. The molecule has 2 aromatic rings. The van der Waals surface area contributed by atoms with Gasteiger partial charge in [-0.3, -0.25) is 0 Å². The molecule has 0 saturated heterocycles. The van der Waals surface area contributed by atoms with Crippen LogP contribution >= 0.6 is 0 Å². The molecule has 0 amide bonds. The maximum Gasteiger partial charge on any atom is 0.185 e. The monoisotopic (exact) mass is 315 g/mol. The van der Waals surface area contributed by atoms with Crippen molar-refractivity contribution >= 4 is 9.84 Å². The Labute approximate surface area is 120 Å². The van der Waals surface area contributed by atoms with Crippen LogP contribution in [0.4, 0.5) is 13.2 Å². The Balaban J connectivity index is 2.40. The van der Waals surface area contributed by atoms with E-state index in [0.29, 0.717) is 11.6 Å². The summed E-state index contributed by atoms with van der Waals surface area (Å²) in [7, 11) is -4.19. The van der Waals surface area contributed by atoms with Gasteiger partial charge in [-0.15, -0.1) is 0 Å². The van der Waals surface area contributed by atoms with Crippen molar-refractivity contribution in [3.05, 3.63) is 65.0 Å². The molecular formula is C14H12F3NO2S. The average Bonchev–Trinajstić information content (AvgIpc) is 2.43. The molecule has 0 atom stereocenters. The highest BCUT2D eigenvalue weighted by Gasteiger charge is 2.22. The molecule has 0 aliphatic carbocycles. The van der Waals surface area contributed by atoms with Crippen molar-refractivity contribution in [2.45, 2.75) is 17.2 Å². The quantitative estimate of drug-likeness (QED) is 0.943. The van der Waals surface area contributed by atoms with Crippen molar-refractivity contribution in [1.82, 2.24) is 0 Å². The Kier molecular flexibility index (Phi) is 4.34. The molecule has 2 rings (SSSR count). The highest BCUT2D eigenvalue weighted by Crippen LogP contribution is 2.22. The molecule has 0 radical (unpaired) electrons. The lowest BCUT2D eigenvalue weighted by Crippen LogP contribution is -2.09. The summed E-state index contributed by atoms with van der Waals surface area (Å²) in [5, 5.41) is 0. The molecule has 0 aliphatic heterocycles. The van der Waals surface area contributed by atoms with E-state index in [0.717, 1.165) is 18.2 Å². The van der Waals surface area contributed by atoms with E-state index >= 15 is 0 Å². The molecule has 21 heavy (non-hydrogen) atoms. The summed E-state index contributed by atoms with van der Waals surface area (Å²) in [5.74, 6) is -3.47. The second kappa shape index (κ2) is 5.87. The Morgan fingerprint density at radius 3 is 2.29 bits per heavy atom. The second-order valence-corrected chi connectivity index (χ2v) is 6.42. The summed E-state index contributed by atoms with van der Waals surface area (Å²) < 4.78 is 64.5. The van der Waals surface area contributed by atoms with Crippen molar-refractivity contribution in [3.63, 3.8) is 0 Å². The van der Waals surface area contributed by atoms with Crippen LogP contribution in [0.25, 0.3) is 0 Å². The predicted octanol–water partition coefficient (Wildman–Crippen LogP) is 2.54. The van der Waals surface area contributed by atoms with Gasteiger partial charge in [0.25, 0.3) is 0 Å². The number of nitrogens with two attached hydrogens (primary N) is 1. The summed E-state index contributed by atoms with van der Waals surface area (Å²) >= 11 is 0. The summed E-state index contributed by atoms with van der Waals surface area (Å²) in [4.78, 5) is -0.787. The summed E-state index contributed by atoms with van der Waals surface area (Å²) in [5.41, 5.74) is 5.72. The van der Waals surface area contributed by atoms with Gasteiger partial charge in [-0.25, -0.2) is 21.6 Å². The van der Waals surface area contributed by atoms with E-state index < -0.39 is 37.9 Å². The molecule has 2 aromatic carbocycles. The van der Waals surface area contributed by atoms with Gasteiger partial charge in [0.05, 0.1) is 5.75 Å². The minimum atomic E-state index is -4.19. The first-order valence-corrected chi connectivity index (χ1v) is 7.64. The van der Waals surface area contributed by atoms with Gasteiger partial charge < -0.3 is 5.73 Å². The van der Waals surface area contributed by atoms with E-state index in [9.17, 15) is 21.6 Å². The Morgan fingerprint density at radius 1 is 0.952 bits per heavy atom. The molecule has 0 saturated carbocycles. The van der Waals surface area contributed by atoms with Crippen molar-refractivity contribution in [1.29, 1.82) is 0 Å². The first-order chi connectivity index (χ1) is 9.83. The molecule has 0 heterocycles. The molecule has 0 aromatic heterocycles. The number of sulfone groups is 1. The highest BCUT2D eigenvalue weighted by molar-refractivity contribution is 7.90. The second-order valence-electron chi connectivity index (χ2n) is 4.46. The normalized spacial score (nSPS) is 11.6. The number of halogens is 3. The Morgan fingerprint density at radius 2 is 1.67 bits per heavy atom. The van der Waals surface area contributed by atoms with Gasteiger partial charge in [0.15, 0.2) is 9.84 Å². The fraction of sp³-hybridized carbons (Fsp3) is 0.143. The molecule has 0 spiro atoms. The van der Waals surface area contributed by atoms with Crippen LogP contribution in [-0.4, -0.2) is 8.42 Å². The van der Waals surface area contributed by atoms with Crippen LogP contribution in [0.5, 0.6) is 0 Å². The van der Waals surface area contributed by atoms with Gasteiger partial charge in [0, 0.05) is 12.1 Å². The topological polar surface area (TPSA) is 60.2 Å². The maximum atomic E-state index is 13.8. The maximum absolute atomic E-state index is 13.8. The lowest BCUT2D eigenvalue weighted by molar-refractivity contribution is 0.551. The van der Waals surface area contributed by atoms with Crippen LogP contribution in [0.1, 0.15) is 11.1 Å². The van der Waals surface area contributed by atoms with Crippen LogP contribution in [0.15, 0.2) is 41.3 Å². The van der Waals surface area contributed by atoms with Crippen molar-refractivity contribution < 1.29 is 21.6 Å². The number of benzene rings is 2. The first kappa shape index (κ1) is 15.5. The summed E-state index contributed by atoms with van der Waals surface area (Å²) in [6.07, 6.45) is 0. The van der Waals surface area contributed by atoms with Gasteiger partial charge >= 0.3 is 0 Å². The predicted molar refractivity (Wildman–Crippen MR) is 71.5 cm³/mol. The molecule has 0 bridgehead atoms. The minimum Gasteiger partial charge on any atom is -0.326 e. The zero-order valence-electron chi connectivity index (χ0n) is 10.8. The van der Waals surface area contributed by atoms with E-state index in [-0.39, 0.29) is 12.1 Å². The molecular weight excluding hydrogens is 303 g/mol. The highest BCUT2D eigenvalue weighted by atomic mass is 32.2. The van der Waals surface area contributed by atoms with Crippen LogP contribution in [0, 0.1) is 17.5 Å². The largest absolute Gasteiger partial charge is 0.326 e. The average molecular weight is 315 g/mol. The summed E-state index contributed by atoms with van der Waals surface area (Å²) in [6, 6.07) is 5.98. The van der Waals surface area contributed by atoms with E-state index in [4.69, 9.17) is 5.73 Å². The lowest BCUT2D eigenvalue weighted by atomic mass is 10.1. The van der Waals surface area contributed by atoms with Crippen LogP contribution < -0.4 is 5.73 Å². The fourth-order valence-corrected chi connectivity index (χ4v) is 3.29. The Bertz CT molecular complexity index is 776. The van der Waals surface area contributed by atoms with E-state index in [1.807, 2.05) is 0 Å². The minimum absolute atomic E-state index is 0.114. The van der Waals surface area contributed by atoms with Crippen LogP contribution in [0.3, 0.4) is 0 Å². The van der Waals surface area contributed by atoms with Gasteiger partial charge in [0.1, 0.15) is 22.3 Å². The summed E-state index contributed by atoms with van der Waals surface area (Å²) in [6.45, 7) is 0.114. The van der Waals surface area contributed by atoms with Gasteiger partial charge in [-0.2, -0.15) is 0 Å². The van der Waals surface area contributed by atoms with Crippen LogP contribution in [0.2, 0.25) is 0 Å². The van der Waals surface area contributed by atoms with Crippen molar-refractivity contribution in [3.8, 4) is 0 Å². The fourth-order valence-electron chi connectivity index (χ4n) is 1.83. The van der Waals surface area contributed by atoms with Gasteiger partial charge in [0.2, 0.25) is 0 Å². The third-order valence-electron chi connectivity index (χ3n) is 2.93. The first-order valence-electron chi connectivity index (χ1n) is 5.98. The third-order valence-corrected chi connectivity index (χ3v) is 4.60. The zero-order chi connectivity index (χ0) is 15.6. The van der Waals surface area contributed by atoms with Crippen molar-refractivity contribution in [2.24, 2.45) is 5.73 Å². The molecule has 112 valence electrons. The van der Waals surface area contributed by atoms with Crippen LogP contribution in [-0.2, 0) is 22.1 Å². The molecule has 0 aliphatic rings. The number of hydrogen-bond acceptors (Lipinski definition) is 3. The smallest absolute Gasteiger partial charge is 0.185 e. The molecule has 0 unspecified atom stereocenters. The molecule has 2 N–H and O–H groups in total. The number of hydrogen-bond donors (Lipinski definition) is 1. The molecule has 0 fully saturated rings. The molecule has 7 heteroatoms. The van der Waals surface area contributed by atoms with Crippen molar-refractivity contribution in [2.75, 3.05) is 0 Å². The van der Waals surface area contributed by atoms with Gasteiger partial charge in [-0.1, -0.05) is 12.1 Å². The molecule has 3 nitrogen and oxygen atoms in total. The zero-order valence-corrected chi connectivity index (χ0v) is 11.6. The third kappa shape index (κ3) is 3.43. The Hall–Kier alpha value is -1.86. The van der Waals surface area contributed by atoms with E-state index in [1.165, 1.54) is 12.1 Å².